The fourth-order valence-electron chi connectivity index (χ4n) is 3.55. The molecule has 0 amide bonds. The molecule has 1 atom stereocenters. The minimum atomic E-state index is -0.460. The lowest BCUT2D eigenvalue weighted by Gasteiger charge is -2.29. The second kappa shape index (κ2) is 8.48. The first-order chi connectivity index (χ1) is 14.1. The Bertz CT molecular complexity index is 974. The van der Waals surface area contributed by atoms with E-state index in [9.17, 15) is 4.39 Å². The molecule has 2 N–H and O–H groups in total. The normalized spacial score (nSPS) is 17.3. The molecule has 0 aliphatic carbocycles. The van der Waals surface area contributed by atoms with Crippen molar-refractivity contribution in [1.29, 1.82) is 0 Å². The van der Waals surface area contributed by atoms with Crippen molar-refractivity contribution in [2.75, 3.05) is 37.3 Å². The number of tetrazole rings is 1. The van der Waals surface area contributed by atoms with Crippen molar-refractivity contribution in [3.8, 4) is 5.69 Å². The highest BCUT2D eigenvalue weighted by molar-refractivity contribution is 5.58. The summed E-state index contributed by atoms with van der Waals surface area (Å²) in [5, 5.41) is 17.8. The van der Waals surface area contributed by atoms with Crippen LogP contribution in [-0.2, 0) is 0 Å². The van der Waals surface area contributed by atoms with Gasteiger partial charge >= 0.3 is 0 Å². The van der Waals surface area contributed by atoms with Crippen molar-refractivity contribution in [2.24, 2.45) is 5.92 Å². The number of rotatable bonds is 6. The molecule has 1 saturated heterocycles. The van der Waals surface area contributed by atoms with Crippen molar-refractivity contribution in [1.82, 2.24) is 35.1 Å². The summed E-state index contributed by atoms with van der Waals surface area (Å²) < 4.78 is 15.8. The zero-order valence-electron chi connectivity index (χ0n) is 16.5. The lowest BCUT2D eigenvalue weighted by molar-refractivity contribution is 0.217. The average Bonchev–Trinajstić information content (AvgIpc) is 3.15. The van der Waals surface area contributed by atoms with Crippen LogP contribution in [0.2, 0.25) is 0 Å². The van der Waals surface area contributed by atoms with Crippen LogP contribution in [0.3, 0.4) is 0 Å². The Morgan fingerprint density at radius 2 is 2.21 bits per heavy atom. The molecule has 29 heavy (non-hydrogen) atoms. The molecule has 0 saturated carbocycles. The molecular weight excluding hydrogens is 373 g/mol. The zero-order valence-corrected chi connectivity index (χ0v) is 16.5. The zero-order chi connectivity index (χ0) is 20.2. The SMILES string of the molecule is Cc1nnnn1-c1cccc(Nc2ncc(F)c(NC[C@@H]3CCCN(C)C3)n2)c1. The molecule has 0 radical (unpaired) electrons. The molecule has 2 aromatic heterocycles. The van der Waals surface area contributed by atoms with Crippen LogP contribution >= 0.6 is 0 Å². The third-order valence-corrected chi connectivity index (χ3v) is 5.00. The summed E-state index contributed by atoms with van der Waals surface area (Å²) in [7, 11) is 2.12. The van der Waals surface area contributed by atoms with Crippen molar-refractivity contribution < 1.29 is 4.39 Å². The number of aromatic nitrogens is 6. The summed E-state index contributed by atoms with van der Waals surface area (Å²) in [6.45, 7) is 4.64. The monoisotopic (exact) mass is 397 g/mol. The topological polar surface area (TPSA) is 96.7 Å². The molecule has 10 heteroatoms. The van der Waals surface area contributed by atoms with Crippen LogP contribution in [0.5, 0.6) is 0 Å². The van der Waals surface area contributed by atoms with Gasteiger partial charge in [0.15, 0.2) is 17.5 Å². The van der Waals surface area contributed by atoms with Gasteiger partial charge in [-0.25, -0.2) is 9.37 Å². The summed E-state index contributed by atoms with van der Waals surface area (Å²) in [4.78, 5) is 10.7. The molecule has 9 nitrogen and oxygen atoms in total. The third kappa shape index (κ3) is 4.65. The van der Waals surface area contributed by atoms with E-state index < -0.39 is 5.82 Å². The largest absolute Gasteiger partial charge is 0.367 e. The Morgan fingerprint density at radius 1 is 1.31 bits per heavy atom. The first kappa shape index (κ1) is 19.2. The molecule has 0 bridgehead atoms. The van der Waals surface area contributed by atoms with E-state index in [0.29, 0.717) is 24.2 Å². The Labute approximate surface area is 168 Å². The van der Waals surface area contributed by atoms with Crippen LogP contribution in [0.25, 0.3) is 5.69 Å². The molecule has 152 valence electrons. The van der Waals surface area contributed by atoms with Gasteiger partial charge in [-0.15, -0.1) is 5.10 Å². The lowest BCUT2D eigenvalue weighted by atomic mass is 9.98. The van der Waals surface area contributed by atoms with Crippen molar-refractivity contribution in [3.63, 3.8) is 0 Å². The fourth-order valence-corrected chi connectivity index (χ4v) is 3.55. The lowest BCUT2D eigenvalue weighted by Crippen LogP contribution is -2.35. The van der Waals surface area contributed by atoms with Gasteiger partial charge in [-0.2, -0.15) is 9.67 Å². The van der Waals surface area contributed by atoms with Crippen LogP contribution < -0.4 is 10.6 Å². The van der Waals surface area contributed by atoms with Crippen molar-refractivity contribution >= 4 is 17.5 Å². The summed E-state index contributed by atoms with van der Waals surface area (Å²) >= 11 is 0. The van der Waals surface area contributed by atoms with E-state index in [1.807, 2.05) is 31.2 Å². The maximum atomic E-state index is 14.2. The van der Waals surface area contributed by atoms with Gasteiger partial charge in [0.1, 0.15) is 0 Å². The molecule has 0 spiro atoms. The fraction of sp³-hybridized carbons (Fsp3) is 0.421. The predicted molar refractivity (Wildman–Crippen MR) is 108 cm³/mol. The van der Waals surface area contributed by atoms with Crippen LogP contribution in [0, 0.1) is 18.7 Å². The first-order valence-corrected chi connectivity index (χ1v) is 9.66. The molecular formula is C19H24FN9. The number of nitrogens with one attached hydrogen (secondary N) is 2. The van der Waals surface area contributed by atoms with Gasteiger partial charge in [-0.1, -0.05) is 6.07 Å². The number of hydrogen-bond donors (Lipinski definition) is 2. The van der Waals surface area contributed by atoms with Gasteiger partial charge in [0.05, 0.1) is 11.9 Å². The summed E-state index contributed by atoms with van der Waals surface area (Å²) in [5.41, 5.74) is 1.56. The number of halogens is 1. The van der Waals surface area contributed by atoms with Gasteiger partial charge in [-0.3, -0.25) is 0 Å². The van der Waals surface area contributed by atoms with E-state index in [0.717, 1.165) is 30.9 Å². The highest BCUT2D eigenvalue weighted by atomic mass is 19.1. The minimum absolute atomic E-state index is 0.211. The summed E-state index contributed by atoms with van der Waals surface area (Å²) in [6, 6.07) is 7.52. The third-order valence-electron chi connectivity index (χ3n) is 5.00. The van der Waals surface area contributed by atoms with E-state index in [1.165, 1.54) is 12.6 Å². The Morgan fingerprint density at radius 3 is 3.00 bits per heavy atom. The predicted octanol–water partition coefficient (Wildman–Crippen LogP) is 2.40. The van der Waals surface area contributed by atoms with E-state index in [4.69, 9.17) is 0 Å². The molecule has 1 aromatic carbocycles. The Balaban J connectivity index is 1.46. The van der Waals surface area contributed by atoms with E-state index in [2.05, 4.69) is 48.1 Å². The van der Waals surface area contributed by atoms with E-state index >= 15 is 0 Å². The molecule has 3 heterocycles. The first-order valence-electron chi connectivity index (χ1n) is 9.66. The number of aryl methyl sites for hydroxylation is 1. The van der Waals surface area contributed by atoms with Gasteiger partial charge in [0, 0.05) is 18.8 Å². The number of nitrogens with zero attached hydrogens (tertiary/aromatic N) is 7. The second-order valence-electron chi connectivity index (χ2n) is 7.35. The Hall–Kier alpha value is -3.14. The van der Waals surface area contributed by atoms with Crippen molar-refractivity contribution in [3.05, 3.63) is 42.1 Å². The van der Waals surface area contributed by atoms with Gasteiger partial charge in [-0.05, 0) is 67.9 Å². The second-order valence-corrected chi connectivity index (χ2v) is 7.35. The van der Waals surface area contributed by atoms with Gasteiger partial charge < -0.3 is 15.5 Å². The molecule has 1 fully saturated rings. The Kier molecular flexibility index (Phi) is 5.61. The summed E-state index contributed by atoms with van der Waals surface area (Å²) in [5.74, 6) is 1.23. The van der Waals surface area contributed by atoms with Crippen LogP contribution in [0.4, 0.5) is 21.8 Å². The average molecular weight is 397 g/mol. The molecule has 3 aromatic rings. The van der Waals surface area contributed by atoms with Gasteiger partial charge in [0.25, 0.3) is 0 Å². The van der Waals surface area contributed by atoms with Crippen LogP contribution in [0.15, 0.2) is 30.5 Å². The maximum Gasteiger partial charge on any atom is 0.229 e. The van der Waals surface area contributed by atoms with E-state index in [-0.39, 0.29) is 5.82 Å². The maximum absolute atomic E-state index is 14.2. The highest BCUT2D eigenvalue weighted by Crippen LogP contribution is 2.21. The highest BCUT2D eigenvalue weighted by Gasteiger charge is 2.18. The standard InChI is InChI=1S/C19H24FN9/c1-13-25-26-27-29(13)16-7-3-6-15(9-16)23-19-22-11-17(20)18(24-19)21-10-14-5-4-8-28(2)12-14/h3,6-7,9,11,14H,4-5,8,10,12H2,1-2H3,(H2,21,22,23,24)/t14-/m0/s1. The van der Waals surface area contributed by atoms with Crippen LogP contribution in [0.1, 0.15) is 18.7 Å². The number of hydrogen-bond acceptors (Lipinski definition) is 8. The molecule has 1 aliphatic heterocycles. The smallest absolute Gasteiger partial charge is 0.229 e. The van der Waals surface area contributed by atoms with E-state index in [1.54, 1.807) is 4.68 Å². The number of benzene rings is 1. The number of anilines is 3. The van der Waals surface area contributed by atoms with Crippen LogP contribution in [-0.4, -0.2) is 61.8 Å². The van der Waals surface area contributed by atoms with Gasteiger partial charge in [0.2, 0.25) is 5.95 Å². The number of piperidine rings is 1. The number of likely N-dealkylation sites (tertiary alicyclic amines) is 1. The molecule has 4 rings (SSSR count). The molecule has 1 aliphatic rings. The summed E-state index contributed by atoms with van der Waals surface area (Å²) in [6.07, 6.45) is 3.48. The quantitative estimate of drug-likeness (QED) is 0.655. The molecule has 0 unspecified atom stereocenters. The van der Waals surface area contributed by atoms with Crippen molar-refractivity contribution in [2.45, 2.75) is 19.8 Å². The minimum Gasteiger partial charge on any atom is -0.367 e.